The third kappa shape index (κ3) is 3.89. The van der Waals surface area contributed by atoms with E-state index in [4.69, 9.17) is 4.74 Å². The summed E-state index contributed by atoms with van der Waals surface area (Å²) in [5.74, 6) is 0.365. The summed E-state index contributed by atoms with van der Waals surface area (Å²) in [6.45, 7) is 5.65. The molecule has 0 amide bonds. The molecule has 142 valence electrons. The van der Waals surface area contributed by atoms with E-state index < -0.39 is 0 Å². The Labute approximate surface area is 162 Å². The van der Waals surface area contributed by atoms with Crippen LogP contribution in [0.15, 0.2) is 35.1 Å². The lowest BCUT2D eigenvalue weighted by Gasteiger charge is -2.32. The Morgan fingerprint density at radius 2 is 2.15 bits per heavy atom. The van der Waals surface area contributed by atoms with Gasteiger partial charge in [0.2, 0.25) is 10.1 Å². The van der Waals surface area contributed by atoms with Gasteiger partial charge in [0.15, 0.2) is 0 Å². The number of rotatable bonds is 5. The molecule has 4 rings (SSSR count). The number of hydrogen-bond acceptors (Lipinski definition) is 6. The van der Waals surface area contributed by atoms with Gasteiger partial charge in [0.25, 0.3) is 5.56 Å². The van der Waals surface area contributed by atoms with Crippen LogP contribution in [0.4, 0.5) is 5.13 Å². The van der Waals surface area contributed by atoms with Gasteiger partial charge in [-0.1, -0.05) is 48.1 Å². The van der Waals surface area contributed by atoms with Crippen LogP contribution >= 0.6 is 11.3 Å². The Bertz CT molecular complexity index is 980. The molecule has 0 bridgehead atoms. The molecule has 0 radical (unpaired) electrons. The fourth-order valence-corrected chi connectivity index (χ4v) is 4.34. The van der Waals surface area contributed by atoms with Gasteiger partial charge in [-0.15, -0.1) is 5.10 Å². The van der Waals surface area contributed by atoms with E-state index in [2.05, 4.69) is 46.6 Å². The summed E-state index contributed by atoms with van der Waals surface area (Å²) in [4.78, 5) is 17.3. The first kappa shape index (κ1) is 18.1. The molecule has 0 saturated carbocycles. The molecule has 2 atom stereocenters. The summed E-state index contributed by atoms with van der Waals surface area (Å²) in [6.07, 6.45) is 3.00. The van der Waals surface area contributed by atoms with Crippen molar-refractivity contribution in [1.82, 2.24) is 14.6 Å². The van der Waals surface area contributed by atoms with E-state index in [1.54, 1.807) is 6.07 Å². The van der Waals surface area contributed by atoms with Crippen LogP contribution < -0.4 is 10.9 Å². The van der Waals surface area contributed by atoms with Crippen molar-refractivity contribution in [2.45, 2.75) is 39.2 Å². The standard InChI is InChI=1S/C20H24N4O2S/c1-3-16-11-17(25)24-20(22-16)27-19(23-24)21-12-15-5-4-10-26-18(15)14-8-6-13(2)7-9-14/h6-9,11,15,18H,3-5,10,12H2,1-2H3,(H,21,23). The highest BCUT2D eigenvalue weighted by Crippen LogP contribution is 2.34. The zero-order chi connectivity index (χ0) is 18.8. The van der Waals surface area contributed by atoms with Crippen molar-refractivity contribution in [1.29, 1.82) is 0 Å². The van der Waals surface area contributed by atoms with E-state index in [0.717, 1.165) is 43.2 Å². The maximum absolute atomic E-state index is 12.2. The monoisotopic (exact) mass is 384 g/mol. The van der Waals surface area contributed by atoms with Crippen molar-refractivity contribution in [3.63, 3.8) is 0 Å². The number of fused-ring (bicyclic) bond motifs is 1. The number of hydrogen-bond donors (Lipinski definition) is 1. The molecule has 3 heterocycles. The molecule has 0 aliphatic carbocycles. The van der Waals surface area contributed by atoms with Crippen LogP contribution in [0.5, 0.6) is 0 Å². The average Bonchev–Trinajstić information content (AvgIpc) is 3.11. The highest BCUT2D eigenvalue weighted by Gasteiger charge is 2.27. The van der Waals surface area contributed by atoms with Crippen LogP contribution in [-0.4, -0.2) is 27.7 Å². The van der Waals surface area contributed by atoms with Crippen LogP contribution in [0, 0.1) is 12.8 Å². The number of aromatic nitrogens is 3. The summed E-state index contributed by atoms with van der Waals surface area (Å²) in [7, 11) is 0. The van der Waals surface area contributed by atoms with E-state index in [-0.39, 0.29) is 11.7 Å². The van der Waals surface area contributed by atoms with Gasteiger partial charge in [0.05, 0.1) is 6.10 Å². The molecular formula is C20H24N4O2S. The van der Waals surface area contributed by atoms with Crippen molar-refractivity contribution in [3.8, 4) is 0 Å². The molecule has 1 N–H and O–H groups in total. The minimum absolute atomic E-state index is 0.0915. The van der Waals surface area contributed by atoms with Crippen LogP contribution in [-0.2, 0) is 11.2 Å². The third-order valence-electron chi connectivity index (χ3n) is 5.03. The summed E-state index contributed by atoms with van der Waals surface area (Å²) in [5.41, 5.74) is 3.15. The molecule has 3 aromatic rings. The predicted octanol–water partition coefficient (Wildman–Crippen LogP) is 3.60. The molecule has 1 aliphatic heterocycles. The molecule has 1 fully saturated rings. The first-order chi connectivity index (χ1) is 13.1. The van der Waals surface area contributed by atoms with Gasteiger partial charge in [-0.3, -0.25) is 4.79 Å². The van der Waals surface area contributed by atoms with Gasteiger partial charge in [-0.05, 0) is 31.7 Å². The minimum Gasteiger partial charge on any atom is -0.373 e. The predicted molar refractivity (Wildman–Crippen MR) is 108 cm³/mol. The Hall–Kier alpha value is -2.25. The van der Waals surface area contributed by atoms with Crippen molar-refractivity contribution in [2.24, 2.45) is 5.92 Å². The Morgan fingerprint density at radius 3 is 2.93 bits per heavy atom. The number of nitrogens with one attached hydrogen (secondary N) is 1. The van der Waals surface area contributed by atoms with Crippen molar-refractivity contribution < 1.29 is 4.74 Å². The van der Waals surface area contributed by atoms with Crippen molar-refractivity contribution in [2.75, 3.05) is 18.5 Å². The van der Waals surface area contributed by atoms with Gasteiger partial charge < -0.3 is 10.1 Å². The molecule has 1 aliphatic rings. The fourth-order valence-electron chi connectivity index (χ4n) is 3.50. The second kappa shape index (κ2) is 7.78. The largest absolute Gasteiger partial charge is 0.373 e. The first-order valence-electron chi connectivity index (χ1n) is 9.46. The lowest BCUT2D eigenvalue weighted by atomic mass is 9.89. The zero-order valence-electron chi connectivity index (χ0n) is 15.6. The number of anilines is 1. The molecule has 6 nitrogen and oxygen atoms in total. The highest BCUT2D eigenvalue weighted by atomic mass is 32.1. The summed E-state index contributed by atoms with van der Waals surface area (Å²) in [6, 6.07) is 10.1. The minimum atomic E-state index is -0.125. The first-order valence-corrected chi connectivity index (χ1v) is 10.3. The third-order valence-corrected chi connectivity index (χ3v) is 5.89. The highest BCUT2D eigenvalue weighted by molar-refractivity contribution is 7.20. The molecule has 1 aromatic carbocycles. The SMILES string of the molecule is CCc1cc(=O)n2nc(NCC3CCCOC3c3ccc(C)cc3)sc2n1. The van der Waals surface area contributed by atoms with Gasteiger partial charge in [0, 0.05) is 30.8 Å². The number of aryl methyl sites for hydroxylation is 2. The van der Waals surface area contributed by atoms with Crippen LogP contribution in [0.1, 0.15) is 42.7 Å². The topological polar surface area (TPSA) is 68.5 Å². The summed E-state index contributed by atoms with van der Waals surface area (Å²) in [5, 5.41) is 8.52. The molecule has 7 heteroatoms. The van der Waals surface area contributed by atoms with Gasteiger partial charge in [-0.25, -0.2) is 4.98 Å². The fraction of sp³-hybridized carbons (Fsp3) is 0.450. The Kier molecular flexibility index (Phi) is 5.22. The van der Waals surface area contributed by atoms with Crippen molar-refractivity contribution in [3.05, 3.63) is 57.5 Å². The van der Waals surface area contributed by atoms with E-state index in [1.165, 1.54) is 27.0 Å². The molecule has 2 aromatic heterocycles. The maximum Gasteiger partial charge on any atom is 0.275 e. The number of ether oxygens (including phenoxy) is 1. The molecule has 2 unspecified atom stereocenters. The van der Waals surface area contributed by atoms with Crippen LogP contribution in [0.3, 0.4) is 0 Å². The van der Waals surface area contributed by atoms with Gasteiger partial charge >= 0.3 is 0 Å². The molecular weight excluding hydrogens is 360 g/mol. The number of benzene rings is 1. The normalized spacial score (nSPS) is 20.1. The Balaban J connectivity index is 1.51. The van der Waals surface area contributed by atoms with Crippen LogP contribution in [0.25, 0.3) is 4.96 Å². The van der Waals surface area contributed by atoms with E-state index >= 15 is 0 Å². The second-order valence-corrected chi connectivity index (χ2v) is 7.98. The second-order valence-electron chi connectivity index (χ2n) is 7.03. The van der Waals surface area contributed by atoms with Gasteiger partial charge in [0.1, 0.15) is 0 Å². The summed E-state index contributed by atoms with van der Waals surface area (Å²) >= 11 is 1.42. The quantitative estimate of drug-likeness (QED) is 0.728. The molecule has 1 saturated heterocycles. The van der Waals surface area contributed by atoms with Crippen LogP contribution in [0.2, 0.25) is 0 Å². The summed E-state index contributed by atoms with van der Waals surface area (Å²) < 4.78 is 7.46. The van der Waals surface area contributed by atoms with Gasteiger partial charge in [-0.2, -0.15) is 4.52 Å². The van der Waals surface area contributed by atoms with Crippen molar-refractivity contribution >= 4 is 21.4 Å². The van der Waals surface area contributed by atoms with E-state index in [1.807, 2.05) is 6.92 Å². The molecule has 0 spiro atoms. The average molecular weight is 385 g/mol. The zero-order valence-corrected chi connectivity index (χ0v) is 16.5. The maximum atomic E-state index is 12.2. The lowest BCUT2D eigenvalue weighted by Crippen LogP contribution is -2.28. The van der Waals surface area contributed by atoms with E-state index in [9.17, 15) is 4.79 Å². The molecule has 27 heavy (non-hydrogen) atoms. The Morgan fingerprint density at radius 1 is 1.33 bits per heavy atom. The number of nitrogens with zero attached hydrogens (tertiary/aromatic N) is 3. The lowest BCUT2D eigenvalue weighted by molar-refractivity contribution is -0.0238. The smallest absolute Gasteiger partial charge is 0.275 e. The van der Waals surface area contributed by atoms with E-state index in [0.29, 0.717) is 10.9 Å².